The number of nitro benzene ring substituents is 1. The molecule has 0 fully saturated rings. The number of halogens is 1. The molecule has 0 radical (unpaired) electrons. The maximum absolute atomic E-state index is 13.5. The first-order valence-electron chi connectivity index (χ1n) is 6.36. The molecule has 2 aromatic carbocycles. The number of ether oxygens (including phenoxy) is 1. The van der Waals surface area contributed by atoms with E-state index in [1.165, 1.54) is 32.2 Å². The minimum atomic E-state index is -4.26. The van der Waals surface area contributed by atoms with Crippen LogP contribution in [0.5, 0.6) is 5.75 Å². The summed E-state index contributed by atoms with van der Waals surface area (Å²) < 4.78 is 45.2. The summed E-state index contributed by atoms with van der Waals surface area (Å²) in [6.07, 6.45) is 0. The third kappa shape index (κ3) is 3.57. The van der Waals surface area contributed by atoms with Gasteiger partial charge in [-0.1, -0.05) is 6.07 Å². The molecule has 0 saturated heterocycles. The van der Waals surface area contributed by atoms with Gasteiger partial charge in [-0.3, -0.25) is 14.8 Å². The standard InChI is InChI=1S/C14H13FN2O5S/c1-9-3-4-10(7-12(9)15)16-23(20,21)14-6-5-11(22-2)8-13(14)17(18)19/h3-8,16H,1-2H3. The number of methoxy groups -OCH3 is 1. The first kappa shape index (κ1) is 16.7. The second-order valence-electron chi connectivity index (χ2n) is 4.66. The largest absolute Gasteiger partial charge is 0.497 e. The predicted octanol–water partition coefficient (Wildman–Crippen LogP) is 2.85. The van der Waals surface area contributed by atoms with E-state index >= 15 is 0 Å². The van der Waals surface area contributed by atoms with Gasteiger partial charge in [-0.2, -0.15) is 0 Å². The average molecular weight is 340 g/mol. The molecule has 0 aromatic heterocycles. The van der Waals surface area contributed by atoms with Crippen LogP contribution in [0.2, 0.25) is 0 Å². The minimum Gasteiger partial charge on any atom is -0.497 e. The van der Waals surface area contributed by atoms with Crippen molar-refractivity contribution < 1.29 is 22.5 Å². The lowest BCUT2D eigenvalue weighted by Crippen LogP contribution is -2.15. The maximum Gasteiger partial charge on any atom is 0.293 e. The van der Waals surface area contributed by atoms with Gasteiger partial charge >= 0.3 is 0 Å². The number of nitrogens with one attached hydrogen (secondary N) is 1. The monoisotopic (exact) mass is 340 g/mol. The normalized spacial score (nSPS) is 11.1. The van der Waals surface area contributed by atoms with Crippen molar-refractivity contribution in [2.45, 2.75) is 11.8 Å². The van der Waals surface area contributed by atoms with Crippen molar-refractivity contribution in [3.63, 3.8) is 0 Å². The molecule has 2 aromatic rings. The Labute approximate surface area is 131 Å². The summed E-state index contributed by atoms with van der Waals surface area (Å²) in [6, 6.07) is 7.12. The minimum absolute atomic E-state index is 0.0294. The highest BCUT2D eigenvalue weighted by Gasteiger charge is 2.26. The Bertz CT molecular complexity index is 867. The molecule has 0 aliphatic heterocycles. The van der Waals surface area contributed by atoms with Gasteiger partial charge in [0.15, 0.2) is 4.90 Å². The number of nitrogens with zero attached hydrogens (tertiary/aromatic N) is 1. The van der Waals surface area contributed by atoms with Crippen LogP contribution in [0.3, 0.4) is 0 Å². The van der Waals surface area contributed by atoms with E-state index in [1.807, 2.05) is 0 Å². The molecule has 0 saturated carbocycles. The van der Waals surface area contributed by atoms with Crippen molar-refractivity contribution >= 4 is 21.4 Å². The van der Waals surface area contributed by atoms with E-state index in [9.17, 15) is 22.9 Å². The molecule has 1 N–H and O–H groups in total. The van der Waals surface area contributed by atoms with Gasteiger partial charge in [0.1, 0.15) is 11.6 Å². The summed E-state index contributed by atoms with van der Waals surface area (Å²) in [4.78, 5) is 9.72. The molecule has 0 atom stereocenters. The number of benzene rings is 2. The lowest BCUT2D eigenvalue weighted by atomic mass is 10.2. The third-order valence-electron chi connectivity index (χ3n) is 3.08. The van der Waals surface area contributed by atoms with Gasteiger partial charge in [-0.25, -0.2) is 12.8 Å². The molecule has 0 aliphatic carbocycles. The molecule has 0 bridgehead atoms. The molecule has 0 heterocycles. The van der Waals surface area contributed by atoms with Gasteiger partial charge < -0.3 is 4.74 Å². The molecule has 7 nitrogen and oxygen atoms in total. The van der Waals surface area contributed by atoms with Crippen molar-refractivity contribution in [3.05, 3.63) is 57.9 Å². The van der Waals surface area contributed by atoms with Gasteiger partial charge in [0.05, 0.1) is 23.8 Å². The van der Waals surface area contributed by atoms with Gasteiger partial charge in [0, 0.05) is 0 Å². The average Bonchev–Trinajstić information content (AvgIpc) is 2.50. The van der Waals surface area contributed by atoms with E-state index in [2.05, 4.69) is 4.72 Å². The van der Waals surface area contributed by atoms with Crippen molar-refractivity contribution in [2.24, 2.45) is 0 Å². The van der Waals surface area contributed by atoms with E-state index in [4.69, 9.17) is 4.74 Å². The first-order chi connectivity index (χ1) is 10.7. The fourth-order valence-corrected chi connectivity index (χ4v) is 3.06. The number of anilines is 1. The van der Waals surface area contributed by atoms with Gasteiger partial charge in [0.25, 0.3) is 15.7 Å². The van der Waals surface area contributed by atoms with Crippen LogP contribution in [0.1, 0.15) is 5.56 Å². The number of hydrogen-bond donors (Lipinski definition) is 1. The quantitative estimate of drug-likeness (QED) is 0.666. The second-order valence-corrected chi connectivity index (χ2v) is 6.31. The summed E-state index contributed by atoms with van der Waals surface area (Å²) >= 11 is 0. The third-order valence-corrected chi connectivity index (χ3v) is 4.51. The van der Waals surface area contributed by atoms with Crippen LogP contribution in [0.15, 0.2) is 41.3 Å². The Kier molecular flexibility index (Phi) is 4.50. The summed E-state index contributed by atoms with van der Waals surface area (Å²) in [5.41, 5.74) is -0.314. The molecule has 122 valence electrons. The van der Waals surface area contributed by atoms with E-state index in [-0.39, 0.29) is 11.4 Å². The summed E-state index contributed by atoms with van der Waals surface area (Å²) in [7, 11) is -2.95. The van der Waals surface area contributed by atoms with Crippen LogP contribution in [-0.2, 0) is 10.0 Å². The topological polar surface area (TPSA) is 98.5 Å². The van der Waals surface area contributed by atoms with E-state index in [0.717, 1.165) is 18.2 Å². The Morgan fingerprint density at radius 3 is 2.48 bits per heavy atom. The summed E-state index contributed by atoms with van der Waals surface area (Å²) in [5.74, 6) is -0.438. The highest BCUT2D eigenvalue weighted by molar-refractivity contribution is 7.92. The van der Waals surface area contributed by atoms with Crippen LogP contribution in [0, 0.1) is 22.9 Å². The summed E-state index contributed by atoms with van der Waals surface area (Å²) in [6.45, 7) is 1.53. The van der Waals surface area contributed by atoms with E-state index in [0.29, 0.717) is 5.56 Å². The molecule has 0 unspecified atom stereocenters. The zero-order chi connectivity index (χ0) is 17.2. The SMILES string of the molecule is COc1ccc(S(=O)(=O)Nc2ccc(C)c(F)c2)c([N+](=O)[O-])c1. The van der Waals surface area contributed by atoms with Crippen molar-refractivity contribution in [1.82, 2.24) is 0 Å². The Morgan fingerprint density at radius 2 is 1.91 bits per heavy atom. The molecule has 0 amide bonds. The second kappa shape index (κ2) is 6.21. The first-order valence-corrected chi connectivity index (χ1v) is 7.84. The van der Waals surface area contributed by atoms with Crippen LogP contribution < -0.4 is 9.46 Å². The molecule has 9 heteroatoms. The van der Waals surface area contributed by atoms with Gasteiger partial charge in [-0.15, -0.1) is 0 Å². The predicted molar refractivity (Wildman–Crippen MR) is 81.6 cm³/mol. The molecule has 0 aliphatic rings. The molecule has 23 heavy (non-hydrogen) atoms. The lowest BCUT2D eigenvalue weighted by molar-refractivity contribution is -0.387. The van der Waals surface area contributed by atoms with Crippen molar-refractivity contribution in [3.8, 4) is 5.75 Å². The summed E-state index contributed by atoms with van der Waals surface area (Å²) in [5, 5.41) is 11.1. The Hall–Kier alpha value is -2.68. The fraction of sp³-hybridized carbons (Fsp3) is 0.143. The zero-order valence-electron chi connectivity index (χ0n) is 12.2. The van der Waals surface area contributed by atoms with Crippen LogP contribution in [-0.4, -0.2) is 20.5 Å². The van der Waals surface area contributed by atoms with E-state index < -0.39 is 31.3 Å². The number of sulfonamides is 1. The van der Waals surface area contributed by atoms with Crippen LogP contribution in [0.4, 0.5) is 15.8 Å². The molecule has 0 spiro atoms. The number of hydrogen-bond acceptors (Lipinski definition) is 5. The zero-order valence-corrected chi connectivity index (χ0v) is 13.1. The molecular formula is C14H13FN2O5S. The smallest absolute Gasteiger partial charge is 0.293 e. The maximum atomic E-state index is 13.5. The Morgan fingerprint density at radius 1 is 1.22 bits per heavy atom. The number of aryl methyl sites for hydroxylation is 1. The van der Waals surface area contributed by atoms with Crippen LogP contribution in [0.25, 0.3) is 0 Å². The van der Waals surface area contributed by atoms with Crippen LogP contribution >= 0.6 is 0 Å². The molecular weight excluding hydrogens is 327 g/mol. The van der Waals surface area contributed by atoms with E-state index in [1.54, 1.807) is 0 Å². The lowest BCUT2D eigenvalue weighted by Gasteiger charge is -2.10. The number of rotatable bonds is 5. The van der Waals surface area contributed by atoms with Gasteiger partial charge in [0.2, 0.25) is 0 Å². The van der Waals surface area contributed by atoms with Crippen molar-refractivity contribution in [1.29, 1.82) is 0 Å². The van der Waals surface area contributed by atoms with Crippen molar-refractivity contribution in [2.75, 3.05) is 11.8 Å². The highest BCUT2D eigenvalue weighted by atomic mass is 32.2. The highest BCUT2D eigenvalue weighted by Crippen LogP contribution is 2.29. The molecule has 2 rings (SSSR count). The van der Waals surface area contributed by atoms with Gasteiger partial charge in [-0.05, 0) is 36.8 Å². The fourth-order valence-electron chi connectivity index (χ4n) is 1.86. The Balaban J connectivity index is 2.47. The number of nitro groups is 1.